The molecule has 1 aromatic carbocycles. The fourth-order valence-electron chi connectivity index (χ4n) is 0.856. The number of hydrogen-bond acceptors (Lipinski definition) is 1. The quantitative estimate of drug-likeness (QED) is 0.492. The van der Waals surface area contributed by atoms with Crippen LogP contribution in [-0.4, -0.2) is 13.6 Å². The van der Waals surface area contributed by atoms with Gasteiger partial charge in [0.1, 0.15) is 7.11 Å². The highest BCUT2D eigenvalue weighted by molar-refractivity contribution is 5.39. The summed E-state index contributed by atoms with van der Waals surface area (Å²) in [6.45, 7) is 4.87. The summed E-state index contributed by atoms with van der Waals surface area (Å²) in [5.74, 6) is 0. The van der Waals surface area contributed by atoms with Crippen LogP contribution in [0.2, 0.25) is 0 Å². The van der Waals surface area contributed by atoms with Crippen molar-refractivity contribution in [1.82, 2.24) is 0 Å². The zero-order valence-corrected chi connectivity index (χ0v) is 7.33. The van der Waals surface area contributed by atoms with Gasteiger partial charge in [0.25, 0.3) is 0 Å². The molecule has 0 bridgehead atoms. The maximum atomic E-state index is 4.94. The number of carbonyl (C=O) groups excluding carboxylic acids is 1. The van der Waals surface area contributed by atoms with Gasteiger partial charge in [-0.15, -0.1) is 0 Å². The van der Waals surface area contributed by atoms with E-state index in [1.807, 2.05) is 24.3 Å². The third-order valence-electron chi connectivity index (χ3n) is 1.50. The van der Waals surface area contributed by atoms with Crippen molar-refractivity contribution < 1.29 is 9.16 Å². The van der Waals surface area contributed by atoms with Crippen LogP contribution in [-0.2, 0) is 15.8 Å². The molecule has 2 heteroatoms. The van der Waals surface area contributed by atoms with Gasteiger partial charge in [0, 0.05) is 5.56 Å². The van der Waals surface area contributed by atoms with Gasteiger partial charge in [-0.05, 0) is 6.92 Å². The van der Waals surface area contributed by atoms with E-state index in [1.54, 1.807) is 0 Å². The maximum Gasteiger partial charge on any atom is 0.170 e. The van der Waals surface area contributed by atoms with Crippen molar-refractivity contribution in [2.24, 2.45) is 0 Å². The van der Waals surface area contributed by atoms with Crippen LogP contribution < -0.4 is 0 Å². The molecule has 2 nitrogen and oxygen atoms in total. The standard InChI is InChI=1S/C10H12O2/c1-9-3-5-10(6-4-9)7-12-8-11-2/h3-6H,7H2,1-2H3. The Labute approximate surface area is 72.5 Å². The molecule has 0 N–H and O–H groups in total. The maximum absolute atomic E-state index is 4.94. The fraction of sp³-hybridized carbons (Fsp3) is 0.300. The van der Waals surface area contributed by atoms with E-state index in [0.29, 0.717) is 6.61 Å². The van der Waals surface area contributed by atoms with Crippen LogP contribution in [0.4, 0.5) is 0 Å². The Hall–Kier alpha value is -1.31. The normalized spacial score (nSPS) is 10.5. The Morgan fingerprint density at radius 2 is 2.00 bits per heavy atom. The van der Waals surface area contributed by atoms with E-state index in [1.165, 1.54) is 12.7 Å². The monoisotopic (exact) mass is 164 g/mol. The minimum absolute atomic E-state index is 0.508. The first-order chi connectivity index (χ1) is 5.83. The van der Waals surface area contributed by atoms with Gasteiger partial charge in [-0.1, -0.05) is 29.8 Å². The predicted molar refractivity (Wildman–Crippen MR) is 47.6 cm³/mol. The Morgan fingerprint density at radius 1 is 1.33 bits per heavy atom. The lowest BCUT2D eigenvalue weighted by molar-refractivity contribution is 0.124. The molecule has 0 aliphatic heterocycles. The van der Waals surface area contributed by atoms with E-state index in [-0.39, 0.29) is 0 Å². The zero-order valence-electron chi connectivity index (χ0n) is 7.33. The highest BCUT2D eigenvalue weighted by Crippen LogP contribution is 2.03. The highest BCUT2D eigenvalue weighted by Gasteiger charge is 1.91. The molecule has 0 aliphatic carbocycles. The van der Waals surface area contributed by atoms with Gasteiger partial charge in [0.15, 0.2) is 13.1 Å². The van der Waals surface area contributed by atoms with Gasteiger partial charge in [-0.2, -0.15) is 0 Å². The van der Waals surface area contributed by atoms with E-state index >= 15 is 0 Å². The van der Waals surface area contributed by atoms with E-state index in [2.05, 4.69) is 17.8 Å². The molecule has 0 amide bonds. The van der Waals surface area contributed by atoms with Crippen molar-refractivity contribution in [3.8, 4) is 0 Å². The van der Waals surface area contributed by atoms with Crippen LogP contribution in [0.15, 0.2) is 24.3 Å². The summed E-state index contributed by atoms with van der Waals surface area (Å²) in [6.07, 6.45) is 0. The third kappa shape index (κ3) is 2.74. The first kappa shape index (κ1) is 8.78. The molecule has 0 saturated carbocycles. The van der Waals surface area contributed by atoms with Gasteiger partial charge in [-0.25, -0.2) is 0 Å². The molecule has 0 unspecified atom stereocenters. The lowest BCUT2D eigenvalue weighted by Crippen LogP contribution is -1.90. The number of ether oxygens (including phenoxy) is 1. The highest BCUT2D eigenvalue weighted by atomic mass is 16.6. The summed E-state index contributed by atoms with van der Waals surface area (Å²) in [5, 5.41) is 0. The molecule has 1 aromatic rings. The van der Waals surface area contributed by atoms with Crippen molar-refractivity contribution in [3.05, 3.63) is 35.4 Å². The largest absolute Gasteiger partial charge is 0.506 e. The second-order valence-electron chi connectivity index (χ2n) is 2.56. The van der Waals surface area contributed by atoms with Crippen LogP contribution in [0, 0.1) is 6.92 Å². The van der Waals surface area contributed by atoms with Crippen LogP contribution >= 0.6 is 0 Å². The van der Waals surface area contributed by atoms with Crippen LogP contribution in [0.1, 0.15) is 11.1 Å². The van der Waals surface area contributed by atoms with Crippen molar-refractivity contribution in [3.63, 3.8) is 0 Å². The fourth-order valence-corrected chi connectivity index (χ4v) is 0.856. The Kier molecular flexibility index (Phi) is 3.33. The van der Waals surface area contributed by atoms with Crippen molar-refractivity contribution in [2.45, 2.75) is 13.5 Å². The van der Waals surface area contributed by atoms with Gasteiger partial charge in [-0.3, -0.25) is 0 Å². The summed E-state index contributed by atoms with van der Waals surface area (Å²) in [7, 11) is 1.51. The molecule has 0 heterocycles. The van der Waals surface area contributed by atoms with E-state index in [9.17, 15) is 0 Å². The zero-order chi connectivity index (χ0) is 8.81. The average molecular weight is 164 g/mol. The second kappa shape index (κ2) is 4.54. The van der Waals surface area contributed by atoms with Gasteiger partial charge < -0.3 is 9.16 Å². The molecule has 0 spiro atoms. The number of benzene rings is 1. The van der Waals surface area contributed by atoms with Crippen molar-refractivity contribution in [2.75, 3.05) is 7.11 Å². The minimum Gasteiger partial charge on any atom is -0.506 e. The molecule has 0 atom stereocenters. The molecule has 1 rings (SSSR count). The summed E-state index contributed by atoms with van der Waals surface area (Å²) in [4.78, 5) is 0. The Morgan fingerprint density at radius 3 is 2.58 bits per heavy atom. The summed E-state index contributed by atoms with van der Waals surface area (Å²) >= 11 is 0. The molecular weight excluding hydrogens is 152 g/mol. The van der Waals surface area contributed by atoms with Gasteiger partial charge >= 0.3 is 0 Å². The van der Waals surface area contributed by atoms with E-state index in [0.717, 1.165) is 5.56 Å². The van der Waals surface area contributed by atoms with Crippen molar-refractivity contribution >= 4 is 6.47 Å². The van der Waals surface area contributed by atoms with E-state index in [4.69, 9.17) is 4.74 Å². The second-order valence-corrected chi connectivity index (χ2v) is 2.56. The third-order valence-corrected chi connectivity index (χ3v) is 1.50. The van der Waals surface area contributed by atoms with Crippen LogP contribution in [0.5, 0.6) is 0 Å². The first-order valence-corrected chi connectivity index (χ1v) is 3.78. The average Bonchev–Trinajstić information content (AvgIpc) is 2.09. The molecule has 0 saturated heterocycles. The summed E-state index contributed by atoms with van der Waals surface area (Å²) < 4.78 is 9.45. The molecule has 0 aromatic heterocycles. The topological polar surface area (TPSA) is 20.5 Å². The molecule has 12 heavy (non-hydrogen) atoms. The smallest absolute Gasteiger partial charge is 0.170 e. The molecular formula is C10H12O2. The first-order valence-electron chi connectivity index (χ1n) is 3.78. The molecule has 0 fully saturated rings. The number of hydrogen-bond donors (Lipinski definition) is 0. The number of rotatable bonds is 3. The lowest BCUT2D eigenvalue weighted by Gasteiger charge is -1.99. The SMILES string of the molecule is C[O+]=[C-]OCc1ccc(C)cc1. The Bertz CT molecular complexity index is 249. The molecule has 0 radical (unpaired) electrons. The molecule has 64 valence electrons. The number of aryl methyl sites for hydroxylation is 1. The predicted octanol–water partition coefficient (Wildman–Crippen LogP) is 1.74. The van der Waals surface area contributed by atoms with Crippen LogP contribution in [0.25, 0.3) is 0 Å². The lowest BCUT2D eigenvalue weighted by atomic mass is 10.2. The Balaban J connectivity index is 2.47. The minimum atomic E-state index is 0.508. The van der Waals surface area contributed by atoms with Crippen LogP contribution in [0.3, 0.4) is 0 Å². The van der Waals surface area contributed by atoms with Gasteiger partial charge in [0.2, 0.25) is 0 Å². The summed E-state index contributed by atoms with van der Waals surface area (Å²) in [6, 6.07) is 8.14. The van der Waals surface area contributed by atoms with Gasteiger partial charge in [0.05, 0.1) is 0 Å². The van der Waals surface area contributed by atoms with Crippen molar-refractivity contribution in [1.29, 1.82) is 0 Å². The van der Waals surface area contributed by atoms with E-state index < -0.39 is 0 Å². The summed E-state index contributed by atoms with van der Waals surface area (Å²) in [5.41, 5.74) is 2.36. The molecule has 0 aliphatic rings.